The first-order chi connectivity index (χ1) is 19.7. The van der Waals surface area contributed by atoms with E-state index in [0.717, 1.165) is 11.1 Å². The van der Waals surface area contributed by atoms with Crippen molar-refractivity contribution in [1.29, 1.82) is 0 Å². The quantitative estimate of drug-likeness (QED) is 0.202. The monoisotopic (exact) mass is 596 g/mol. The third-order valence-electron chi connectivity index (χ3n) is 6.31. The summed E-state index contributed by atoms with van der Waals surface area (Å²) >= 11 is 0. The lowest BCUT2D eigenvalue weighted by Crippen LogP contribution is -2.62. The van der Waals surface area contributed by atoms with Crippen LogP contribution in [-0.4, -0.2) is 58.3 Å². The smallest absolute Gasteiger partial charge is 0.374 e. The van der Waals surface area contributed by atoms with Crippen molar-refractivity contribution in [2.24, 2.45) is 0 Å². The van der Waals surface area contributed by atoms with Gasteiger partial charge in [0.2, 0.25) is 0 Å². The Hall–Kier alpha value is -2.84. The Kier molecular flexibility index (Phi) is 10.9. The van der Waals surface area contributed by atoms with Crippen LogP contribution in [0.2, 0.25) is 0 Å². The van der Waals surface area contributed by atoms with Crippen LogP contribution in [0.3, 0.4) is 0 Å². The molecule has 0 aromatic heterocycles. The second kappa shape index (κ2) is 14.4. The zero-order valence-electron chi connectivity index (χ0n) is 22.2. The molecular weight excluding hydrogens is 565 g/mol. The normalized spacial score (nSPS) is 23.4. The van der Waals surface area contributed by atoms with Crippen molar-refractivity contribution in [1.82, 2.24) is 0 Å². The van der Waals surface area contributed by atoms with E-state index in [0.29, 0.717) is 5.56 Å². The summed E-state index contributed by atoms with van der Waals surface area (Å²) in [6, 6.07) is 27.3. The molecule has 2 unspecified atom stereocenters. The van der Waals surface area contributed by atoms with Gasteiger partial charge in [-0.2, -0.15) is 21.6 Å². The molecule has 1 heterocycles. The van der Waals surface area contributed by atoms with Gasteiger partial charge in [-0.15, -0.1) is 0 Å². The Labute approximate surface area is 237 Å². The van der Waals surface area contributed by atoms with Crippen molar-refractivity contribution in [2.45, 2.75) is 56.0 Å². The molecule has 0 saturated carbocycles. The molecule has 0 N–H and O–H groups in total. The van der Waals surface area contributed by atoms with Gasteiger partial charge in [0.25, 0.3) is 0 Å². The maximum absolute atomic E-state index is 13.4. The van der Waals surface area contributed by atoms with Gasteiger partial charge < -0.3 is 23.7 Å². The minimum atomic E-state index is -6.04. The summed E-state index contributed by atoms with van der Waals surface area (Å²) in [7, 11) is -4.87. The van der Waals surface area contributed by atoms with E-state index in [1.54, 1.807) is 30.3 Å². The lowest BCUT2D eigenvalue weighted by molar-refractivity contribution is -0.308. The van der Waals surface area contributed by atoms with Crippen LogP contribution in [0.1, 0.15) is 16.7 Å². The lowest BCUT2D eigenvalue weighted by atomic mass is 9.98. The molecule has 0 radical (unpaired) electrons. The molecule has 0 aliphatic carbocycles. The molecule has 5 atom stereocenters. The molecule has 1 aliphatic heterocycles. The standard InChI is InChI=1S/C29H31F3O8S/c1-35-28-27(40-41(33,34)29(30,31)32)26(38-19-23-15-9-4-10-16-23)25(37-18-22-13-7-3-8-14-22)24(39-28)20-36-17-21-11-5-2-6-12-21/h2-16,24-28H,17-20H2,1H3/t24?,25-,26?,27-,28+/m0/s1. The maximum Gasteiger partial charge on any atom is 0.523 e. The van der Waals surface area contributed by atoms with E-state index >= 15 is 0 Å². The zero-order valence-corrected chi connectivity index (χ0v) is 23.0. The van der Waals surface area contributed by atoms with Crippen molar-refractivity contribution in [2.75, 3.05) is 13.7 Å². The van der Waals surface area contributed by atoms with Crippen LogP contribution < -0.4 is 0 Å². The summed E-state index contributed by atoms with van der Waals surface area (Å²) in [6.07, 6.45) is -6.77. The average Bonchev–Trinajstić information content (AvgIpc) is 2.97. The second-order valence-electron chi connectivity index (χ2n) is 9.26. The number of rotatable bonds is 13. The van der Waals surface area contributed by atoms with E-state index in [-0.39, 0.29) is 26.4 Å². The van der Waals surface area contributed by atoms with Crippen molar-refractivity contribution in [3.05, 3.63) is 108 Å². The van der Waals surface area contributed by atoms with Gasteiger partial charge in [-0.05, 0) is 16.7 Å². The lowest BCUT2D eigenvalue weighted by Gasteiger charge is -2.45. The number of hydrogen-bond acceptors (Lipinski definition) is 8. The van der Waals surface area contributed by atoms with Crippen LogP contribution in [0.25, 0.3) is 0 Å². The molecule has 41 heavy (non-hydrogen) atoms. The van der Waals surface area contributed by atoms with Crippen LogP contribution in [0.5, 0.6) is 0 Å². The van der Waals surface area contributed by atoms with Crippen molar-refractivity contribution in [3.63, 3.8) is 0 Å². The van der Waals surface area contributed by atoms with Crippen LogP contribution in [0.4, 0.5) is 13.2 Å². The largest absolute Gasteiger partial charge is 0.523 e. The predicted octanol–water partition coefficient (Wildman–Crippen LogP) is 4.98. The van der Waals surface area contributed by atoms with Crippen molar-refractivity contribution < 1.29 is 49.5 Å². The first-order valence-corrected chi connectivity index (χ1v) is 14.2. The Morgan fingerprint density at radius 2 is 1.17 bits per heavy atom. The molecule has 12 heteroatoms. The fourth-order valence-corrected chi connectivity index (χ4v) is 4.90. The van der Waals surface area contributed by atoms with Gasteiger partial charge in [0.15, 0.2) is 12.4 Å². The fraction of sp³-hybridized carbons (Fsp3) is 0.379. The van der Waals surface area contributed by atoms with E-state index < -0.39 is 46.3 Å². The Morgan fingerprint density at radius 1 is 0.707 bits per heavy atom. The summed E-state index contributed by atoms with van der Waals surface area (Å²) in [5.41, 5.74) is -3.31. The third-order valence-corrected chi connectivity index (χ3v) is 7.35. The van der Waals surface area contributed by atoms with E-state index in [2.05, 4.69) is 0 Å². The van der Waals surface area contributed by atoms with Gasteiger partial charge in [-0.25, -0.2) is 0 Å². The zero-order chi connectivity index (χ0) is 29.3. The molecular formula is C29H31F3O8S. The number of hydrogen-bond donors (Lipinski definition) is 0. The second-order valence-corrected chi connectivity index (χ2v) is 10.8. The predicted molar refractivity (Wildman–Crippen MR) is 142 cm³/mol. The summed E-state index contributed by atoms with van der Waals surface area (Å²) in [4.78, 5) is 0. The van der Waals surface area contributed by atoms with Gasteiger partial charge in [0.1, 0.15) is 18.3 Å². The number of benzene rings is 3. The molecule has 1 saturated heterocycles. The number of ether oxygens (including phenoxy) is 5. The van der Waals surface area contributed by atoms with E-state index in [1.807, 2.05) is 60.7 Å². The minimum absolute atomic E-state index is 0.0334. The third kappa shape index (κ3) is 8.58. The SMILES string of the molecule is CO[C@@H]1OC(COCc2ccccc2)[C@H](OCc2ccccc2)C(OCc2ccccc2)[C@@H]1OS(=O)(=O)C(F)(F)F. The molecule has 4 rings (SSSR count). The average molecular weight is 597 g/mol. The fourth-order valence-electron chi connectivity index (χ4n) is 4.30. The Morgan fingerprint density at radius 3 is 1.63 bits per heavy atom. The number of halogens is 3. The first kappa shape index (κ1) is 31.1. The molecule has 3 aromatic carbocycles. The highest BCUT2D eigenvalue weighted by Crippen LogP contribution is 2.34. The van der Waals surface area contributed by atoms with Gasteiger partial charge in [-0.3, -0.25) is 4.18 Å². The molecule has 222 valence electrons. The number of methoxy groups -OCH3 is 1. The molecule has 1 fully saturated rings. The topological polar surface area (TPSA) is 89.5 Å². The molecule has 0 bridgehead atoms. The van der Waals surface area contributed by atoms with Crippen LogP contribution in [-0.2, 0) is 57.8 Å². The summed E-state index contributed by atoms with van der Waals surface area (Å²) in [5.74, 6) is 0. The Balaban J connectivity index is 1.64. The van der Waals surface area contributed by atoms with Gasteiger partial charge >= 0.3 is 15.6 Å². The van der Waals surface area contributed by atoms with Crippen molar-refractivity contribution >= 4 is 10.1 Å². The highest BCUT2D eigenvalue weighted by atomic mass is 32.2. The van der Waals surface area contributed by atoms with Gasteiger partial charge in [0, 0.05) is 7.11 Å². The molecule has 0 spiro atoms. The molecule has 8 nitrogen and oxygen atoms in total. The summed E-state index contributed by atoms with van der Waals surface area (Å²) < 4.78 is 98.4. The van der Waals surface area contributed by atoms with Gasteiger partial charge in [-0.1, -0.05) is 91.0 Å². The van der Waals surface area contributed by atoms with Crippen LogP contribution in [0.15, 0.2) is 91.0 Å². The molecule has 1 aliphatic rings. The van der Waals surface area contributed by atoms with E-state index in [9.17, 15) is 21.6 Å². The molecule has 0 amide bonds. The number of alkyl halides is 3. The maximum atomic E-state index is 13.4. The van der Waals surface area contributed by atoms with E-state index in [1.165, 1.54) is 7.11 Å². The Bertz CT molecular complexity index is 1290. The molecule has 3 aromatic rings. The van der Waals surface area contributed by atoms with Crippen LogP contribution in [0, 0.1) is 0 Å². The highest BCUT2D eigenvalue weighted by Gasteiger charge is 2.55. The minimum Gasteiger partial charge on any atom is -0.374 e. The van der Waals surface area contributed by atoms with Crippen molar-refractivity contribution in [3.8, 4) is 0 Å². The van der Waals surface area contributed by atoms with Gasteiger partial charge in [0.05, 0.1) is 26.4 Å². The van der Waals surface area contributed by atoms with Crippen LogP contribution >= 0.6 is 0 Å². The van der Waals surface area contributed by atoms with E-state index in [4.69, 9.17) is 27.9 Å². The first-order valence-electron chi connectivity index (χ1n) is 12.8. The summed E-state index contributed by atoms with van der Waals surface area (Å²) in [5, 5.41) is 0. The summed E-state index contributed by atoms with van der Waals surface area (Å²) in [6.45, 7) is 0.127. The highest BCUT2D eigenvalue weighted by molar-refractivity contribution is 7.87.